The number of benzene rings is 3. The minimum Gasteiger partial charge on any atom is -0.497 e. The molecular weight excluding hydrogens is 585 g/mol. The van der Waals surface area contributed by atoms with Crippen molar-refractivity contribution in [2.24, 2.45) is 0 Å². The van der Waals surface area contributed by atoms with Gasteiger partial charge in [0.1, 0.15) is 29.9 Å². The van der Waals surface area contributed by atoms with Crippen LogP contribution in [0.1, 0.15) is 50.2 Å². The van der Waals surface area contributed by atoms with Crippen LogP contribution < -0.4 is 19.1 Å². The third-order valence-corrected chi connectivity index (χ3v) is 9.73. The summed E-state index contributed by atoms with van der Waals surface area (Å²) >= 11 is 0. The van der Waals surface area contributed by atoms with E-state index in [0.717, 1.165) is 42.0 Å². The number of aryl methyl sites for hydroxylation is 1. The number of nitrogens with zero attached hydrogens (tertiary/aromatic N) is 2. The van der Waals surface area contributed by atoms with E-state index in [-0.39, 0.29) is 40.4 Å². The summed E-state index contributed by atoms with van der Waals surface area (Å²) in [7, 11) is -1.49. The van der Waals surface area contributed by atoms with Gasteiger partial charge in [-0.25, -0.2) is 12.8 Å². The first-order chi connectivity index (χ1) is 21.0. The molecule has 0 spiro atoms. The molecular formula is C33H40FN3O6S. The third kappa shape index (κ3) is 7.68. The fourth-order valence-electron chi connectivity index (χ4n) is 5.30. The number of anilines is 1. The minimum atomic E-state index is -4.33. The molecule has 3 aromatic carbocycles. The van der Waals surface area contributed by atoms with Crippen LogP contribution in [0.5, 0.6) is 11.5 Å². The Morgan fingerprint density at radius 1 is 0.977 bits per heavy atom. The summed E-state index contributed by atoms with van der Waals surface area (Å²) in [6, 6.07) is 15.9. The molecule has 0 heterocycles. The number of hydrogen-bond acceptors (Lipinski definition) is 6. The van der Waals surface area contributed by atoms with Gasteiger partial charge in [-0.3, -0.25) is 13.9 Å². The summed E-state index contributed by atoms with van der Waals surface area (Å²) in [5.41, 5.74) is 1.13. The lowest BCUT2D eigenvalue weighted by molar-refractivity contribution is -0.139. The quantitative estimate of drug-likeness (QED) is 0.296. The highest BCUT2D eigenvalue weighted by molar-refractivity contribution is 7.92. The molecule has 4 rings (SSSR count). The zero-order valence-corrected chi connectivity index (χ0v) is 26.4. The van der Waals surface area contributed by atoms with Gasteiger partial charge in [0.25, 0.3) is 10.0 Å². The normalized spacial score (nSPS) is 14.4. The maximum Gasteiger partial charge on any atom is 0.264 e. The average molecular weight is 626 g/mol. The molecule has 0 radical (unpaired) electrons. The topological polar surface area (TPSA) is 105 Å². The van der Waals surface area contributed by atoms with Crippen LogP contribution in [0.3, 0.4) is 0 Å². The van der Waals surface area contributed by atoms with Gasteiger partial charge < -0.3 is 19.7 Å². The summed E-state index contributed by atoms with van der Waals surface area (Å²) in [4.78, 5) is 28.9. The number of ether oxygens (including phenoxy) is 2. The SMILES string of the molecule is COc1ccc(OC)c(N(CC(=O)N(Cc2ccccc2F)C(C)C(=O)NC2CCCCC2)S(=O)(=O)c2ccc(C)cc2)c1. The number of nitrogens with one attached hydrogen (secondary N) is 1. The highest BCUT2D eigenvalue weighted by Crippen LogP contribution is 2.36. The zero-order chi connectivity index (χ0) is 31.9. The van der Waals surface area contributed by atoms with Crippen LogP contribution >= 0.6 is 0 Å². The largest absolute Gasteiger partial charge is 0.497 e. The lowest BCUT2D eigenvalue weighted by Gasteiger charge is -2.33. The van der Waals surface area contributed by atoms with E-state index in [2.05, 4.69) is 5.32 Å². The highest BCUT2D eigenvalue weighted by Gasteiger charge is 2.35. The van der Waals surface area contributed by atoms with Crippen molar-refractivity contribution in [1.82, 2.24) is 10.2 Å². The molecule has 1 aliphatic rings. The van der Waals surface area contributed by atoms with Gasteiger partial charge in [-0.1, -0.05) is 55.2 Å². The van der Waals surface area contributed by atoms with Crippen LogP contribution in [0.15, 0.2) is 71.6 Å². The van der Waals surface area contributed by atoms with Gasteiger partial charge in [-0.15, -0.1) is 0 Å². The molecule has 3 aromatic rings. The maximum absolute atomic E-state index is 14.8. The molecule has 1 N–H and O–H groups in total. The summed E-state index contributed by atoms with van der Waals surface area (Å²) in [5, 5.41) is 3.04. The molecule has 2 amide bonds. The number of carbonyl (C=O) groups is 2. The number of hydrogen-bond donors (Lipinski definition) is 1. The second kappa shape index (κ2) is 14.6. The van der Waals surface area contributed by atoms with Gasteiger partial charge in [0, 0.05) is 24.2 Å². The van der Waals surface area contributed by atoms with E-state index in [4.69, 9.17) is 9.47 Å². The predicted octanol–water partition coefficient (Wildman–Crippen LogP) is 5.21. The van der Waals surface area contributed by atoms with Crippen LogP contribution in [0.25, 0.3) is 0 Å². The molecule has 1 atom stereocenters. The summed E-state index contributed by atoms with van der Waals surface area (Å²) in [5.74, 6) is -1.07. The van der Waals surface area contributed by atoms with Crippen LogP contribution in [-0.2, 0) is 26.2 Å². The Morgan fingerprint density at radius 3 is 2.30 bits per heavy atom. The Morgan fingerprint density at radius 2 is 1.66 bits per heavy atom. The second-order valence-electron chi connectivity index (χ2n) is 11.0. The first kappa shape index (κ1) is 32.8. The van der Waals surface area contributed by atoms with Crippen molar-refractivity contribution < 1.29 is 31.9 Å². The van der Waals surface area contributed by atoms with Crippen molar-refractivity contribution in [1.29, 1.82) is 0 Å². The van der Waals surface area contributed by atoms with E-state index in [0.29, 0.717) is 5.75 Å². The molecule has 0 aromatic heterocycles. The molecule has 11 heteroatoms. The minimum absolute atomic E-state index is 0.0106. The number of sulfonamides is 1. The lowest BCUT2D eigenvalue weighted by Crippen LogP contribution is -2.53. The Kier molecular flexibility index (Phi) is 10.9. The molecule has 0 bridgehead atoms. The Balaban J connectivity index is 1.75. The van der Waals surface area contributed by atoms with Gasteiger partial charge in [0.15, 0.2) is 0 Å². The summed E-state index contributed by atoms with van der Waals surface area (Å²) in [6.07, 6.45) is 4.81. The fourth-order valence-corrected chi connectivity index (χ4v) is 6.72. The fraction of sp³-hybridized carbons (Fsp3) is 0.394. The first-order valence-corrected chi connectivity index (χ1v) is 16.1. The molecule has 9 nitrogen and oxygen atoms in total. The Bertz CT molecular complexity index is 1560. The van der Waals surface area contributed by atoms with Crippen molar-refractivity contribution in [3.63, 3.8) is 0 Å². The Labute approximate surface area is 259 Å². The first-order valence-electron chi connectivity index (χ1n) is 14.7. The highest BCUT2D eigenvalue weighted by atomic mass is 32.2. The van der Waals surface area contributed by atoms with E-state index < -0.39 is 34.3 Å². The van der Waals surface area contributed by atoms with Gasteiger partial charge in [0.05, 0.1) is 24.8 Å². The molecule has 236 valence electrons. The zero-order valence-electron chi connectivity index (χ0n) is 25.6. The van der Waals surface area contributed by atoms with E-state index in [1.807, 2.05) is 6.92 Å². The van der Waals surface area contributed by atoms with Crippen molar-refractivity contribution in [2.75, 3.05) is 25.1 Å². The lowest BCUT2D eigenvalue weighted by atomic mass is 9.95. The van der Waals surface area contributed by atoms with E-state index in [1.165, 1.54) is 55.5 Å². The van der Waals surface area contributed by atoms with Gasteiger partial charge in [0.2, 0.25) is 11.8 Å². The van der Waals surface area contributed by atoms with Crippen LogP contribution in [-0.4, -0.2) is 58.0 Å². The third-order valence-electron chi connectivity index (χ3n) is 7.96. The molecule has 0 aliphatic heterocycles. The van der Waals surface area contributed by atoms with Crippen molar-refractivity contribution in [3.05, 3.63) is 83.7 Å². The smallest absolute Gasteiger partial charge is 0.264 e. The van der Waals surface area contributed by atoms with Crippen LogP contribution in [0.4, 0.5) is 10.1 Å². The number of halogens is 1. The van der Waals surface area contributed by atoms with Crippen molar-refractivity contribution in [2.45, 2.75) is 69.5 Å². The van der Waals surface area contributed by atoms with Crippen molar-refractivity contribution >= 4 is 27.5 Å². The number of carbonyl (C=O) groups excluding carboxylic acids is 2. The van der Waals surface area contributed by atoms with Crippen molar-refractivity contribution in [3.8, 4) is 11.5 Å². The van der Waals surface area contributed by atoms with E-state index >= 15 is 0 Å². The average Bonchev–Trinajstić information content (AvgIpc) is 3.03. The molecule has 0 saturated heterocycles. The standard InChI is InChI=1S/C33H40FN3O6S/c1-23-14-17-28(18-15-23)44(40,41)37(30-20-27(42-3)16-19-31(30)43-4)22-32(38)36(21-25-10-8-9-13-29(25)34)24(2)33(39)35-26-11-6-5-7-12-26/h8-10,13-20,24,26H,5-7,11-12,21-22H2,1-4H3,(H,35,39). The number of rotatable bonds is 12. The Hall–Kier alpha value is -4.12. The molecule has 1 aliphatic carbocycles. The molecule has 1 unspecified atom stereocenters. The number of amides is 2. The number of methoxy groups -OCH3 is 2. The summed E-state index contributed by atoms with van der Waals surface area (Å²) in [6.45, 7) is 2.48. The second-order valence-corrected chi connectivity index (χ2v) is 12.9. The van der Waals surface area contributed by atoms with Crippen LogP contribution in [0, 0.1) is 12.7 Å². The molecule has 1 saturated carbocycles. The van der Waals surface area contributed by atoms with Gasteiger partial charge in [-0.2, -0.15) is 0 Å². The van der Waals surface area contributed by atoms with Crippen LogP contribution in [0.2, 0.25) is 0 Å². The molecule has 1 fully saturated rings. The summed E-state index contributed by atoms with van der Waals surface area (Å²) < 4.78 is 55.0. The predicted molar refractivity (Wildman–Crippen MR) is 167 cm³/mol. The molecule has 44 heavy (non-hydrogen) atoms. The van der Waals surface area contributed by atoms with E-state index in [1.54, 1.807) is 37.3 Å². The van der Waals surface area contributed by atoms with Gasteiger partial charge in [-0.05, 0) is 57.0 Å². The van der Waals surface area contributed by atoms with E-state index in [9.17, 15) is 22.4 Å². The monoisotopic (exact) mass is 625 g/mol. The maximum atomic E-state index is 14.8. The van der Waals surface area contributed by atoms with Gasteiger partial charge >= 0.3 is 0 Å².